The number of hydrogen-bond acceptors (Lipinski definition) is 2. The molecule has 1 heterocycles. The molecule has 0 aliphatic carbocycles. The number of rotatable bonds is 5. The second-order valence-corrected chi connectivity index (χ2v) is 6.30. The zero-order valence-corrected chi connectivity index (χ0v) is 12.8. The van der Waals surface area contributed by atoms with Crippen LogP contribution in [0.1, 0.15) is 50.0 Å². The summed E-state index contributed by atoms with van der Waals surface area (Å²) >= 11 is 0. The van der Waals surface area contributed by atoms with Crippen molar-refractivity contribution in [1.29, 1.82) is 0 Å². The predicted octanol–water partition coefficient (Wildman–Crippen LogP) is 2.26. The largest absolute Gasteiger partial charge is 0.430 e. The topological polar surface area (TPSA) is 38.3 Å². The van der Waals surface area contributed by atoms with E-state index in [2.05, 4.69) is 33.0 Å². The molecule has 1 radical (unpaired) electrons. The molecule has 1 unspecified atom stereocenters. The number of benzene rings is 1. The second kappa shape index (κ2) is 6.44. The van der Waals surface area contributed by atoms with Crippen LogP contribution in [0.5, 0.6) is 0 Å². The molecule has 3 nitrogen and oxygen atoms in total. The van der Waals surface area contributed by atoms with E-state index >= 15 is 0 Å². The molecule has 107 valence electrons. The lowest BCUT2D eigenvalue weighted by Crippen LogP contribution is -2.39. The minimum atomic E-state index is 0.0130. The van der Waals surface area contributed by atoms with Gasteiger partial charge in [0.25, 0.3) is 5.91 Å². The zero-order chi connectivity index (χ0) is 14.7. The number of carbonyl (C=O) groups is 1. The predicted molar refractivity (Wildman–Crippen MR) is 82.2 cm³/mol. The van der Waals surface area contributed by atoms with Crippen LogP contribution in [0.4, 0.5) is 0 Å². The monoisotopic (exact) mass is 272 g/mol. The summed E-state index contributed by atoms with van der Waals surface area (Å²) in [7, 11) is 1.74. The molecule has 2 rings (SSSR count). The van der Waals surface area contributed by atoms with Crippen LogP contribution in [0.15, 0.2) is 18.2 Å². The van der Waals surface area contributed by atoms with Crippen LogP contribution in [-0.4, -0.2) is 19.4 Å². The molecule has 1 aromatic rings. The fourth-order valence-corrected chi connectivity index (χ4v) is 2.47. The van der Waals surface area contributed by atoms with E-state index in [0.717, 1.165) is 23.0 Å². The molecule has 1 N–H and O–H groups in total. The molecule has 0 aromatic heterocycles. The molecule has 1 aliphatic rings. The van der Waals surface area contributed by atoms with Crippen LogP contribution in [0.3, 0.4) is 0 Å². The van der Waals surface area contributed by atoms with Crippen molar-refractivity contribution < 1.29 is 9.45 Å². The van der Waals surface area contributed by atoms with E-state index in [1.165, 1.54) is 0 Å². The number of nitrogens with one attached hydrogen (secondary N) is 1. The summed E-state index contributed by atoms with van der Waals surface area (Å²) < 4.78 is 5.26. The second-order valence-electron chi connectivity index (χ2n) is 6.30. The van der Waals surface area contributed by atoms with E-state index in [-0.39, 0.29) is 11.9 Å². The van der Waals surface area contributed by atoms with E-state index < -0.39 is 0 Å². The average Bonchev–Trinajstić information content (AvgIpc) is 2.84. The van der Waals surface area contributed by atoms with Crippen molar-refractivity contribution in [3.05, 3.63) is 29.3 Å². The SMILES string of the molecule is CC(C)CC(NC(=O)c1ccc2c(c1)CO[B]2)C(C)C. The summed E-state index contributed by atoms with van der Waals surface area (Å²) in [5.74, 6) is 1.03. The number of amides is 1. The molecule has 20 heavy (non-hydrogen) atoms. The van der Waals surface area contributed by atoms with Crippen LogP contribution in [-0.2, 0) is 11.3 Å². The van der Waals surface area contributed by atoms with Crippen molar-refractivity contribution >= 4 is 18.9 Å². The first kappa shape index (κ1) is 15.1. The molecule has 1 aliphatic heterocycles. The van der Waals surface area contributed by atoms with Crippen molar-refractivity contribution in [3.63, 3.8) is 0 Å². The summed E-state index contributed by atoms with van der Waals surface area (Å²) in [5.41, 5.74) is 2.88. The van der Waals surface area contributed by atoms with Gasteiger partial charge in [-0.1, -0.05) is 33.8 Å². The first-order valence-corrected chi connectivity index (χ1v) is 7.36. The van der Waals surface area contributed by atoms with Crippen LogP contribution in [0.25, 0.3) is 0 Å². The van der Waals surface area contributed by atoms with Crippen molar-refractivity contribution in [2.24, 2.45) is 11.8 Å². The smallest absolute Gasteiger partial charge is 0.330 e. The van der Waals surface area contributed by atoms with Crippen LogP contribution < -0.4 is 10.8 Å². The number of fused-ring (bicyclic) bond motifs is 1. The third-order valence-corrected chi connectivity index (χ3v) is 3.70. The van der Waals surface area contributed by atoms with Gasteiger partial charge in [0.1, 0.15) is 0 Å². The zero-order valence-electron chi connectivity index (χ0n) is 12.8. The van der Waals surface area contributed by atoms with E-state index in [9.17, 15) is 4.79 Å². The van der Waals surface area contributed by atoms with Crippen molar-refractivity contribution in [3.8, 4) is 0 Å². The highest BCUT2D eigenvalue weighted by Gasteiger charge is 2.20. The van der Waals surface area contributed by atoms with Gasteiger partial charge in [-0.3, -0.25) is 4.79 Å². The third-order valence-electron chi connectivity index (χ3n) is 3.70. The van der Waals surface area contributed by atoms with Gasteiger partial charge >= 0.3 is 7.48 Å². The lowest BCUT2D eigenvalue weighted by Gasteiger charge is -2.24. The Morgan fingerprint density at radius 1 is 1.35 bits per heavy atom. The molecule has 0 saturated carbocycles. The van der Waals surface area contributed by atoms with E-state index in [1.54, 1.807) is 7.48 Å². The van der Waals surface area contributed by atoms with Gasteiger partial charge in [-0.05, 0) is 41.4 Å². The van der Waals surface area contributed by atoms with Gasteiger partial charge in [0.05, 0.1) is 6.61 Å². The maximum atomic E-state index is 12.4. The molecule has 4 heteroatoms. The van der Waals surface area contributed by atoms with Gasteiger partial charge in [-0.2, -0.15) is 0 Å². The Kier molecular flexibility index (Phi) is 4.87. The van der Waals surface area contributed by atoms with Crippen molar-refractivity contribution in [2.75, 3.05) is 0 Å². The van der Waals surface area contributed by atoms with Gasteiger partial charge in [0.15, 0.2) is 0 Å². The van der Waals surface area contributed by atoms with Crippen LogP contribution in [0.2, 0.25) is 0 Å². The standard InChI is InChI=1S/C16H23BNO2/c1-10(2)7-15(11(3)4)18-16(19)12-5-6-14-13(8-12)9-20-17-14/h5-6,8,10-11,15H,7,9H2,1-4H3,(H,18,19). The Morgan fingerprint density at radius 3 is 2.75 bits per heavy atom. The molecule has 0 spiro atoms. The first-order chi connectivity index (χ1) is 9.47. The Balaban J connectivity index is 2.06. The Hall–Kier alpha value is -1.29. The summed E-state index contributed by atoms with van der Waals surface area (Å²) in [4.78, 5) is 12.4. The Labute approximate surface area is 122 Å². The van der Waals surface area contributed by atoms with Crippen molar-refractivity contribution in [2.45, 2.75) is 46.8 Å². The molecule has 1 atom stereocenters. The van der Waals surface area contributed by atoms with Crippen molar-refractivity contribution in [1.82, 2.24) is 5.32 Å². The van der Waals surface area contributed by atoms with Crippen LogP contribution in [0, 0.1) is 11.8 Å². The van der Waals surface area contributed by atoms with Gasteiger partial charge in [0.2, 0.25) is 0 Å². The van der Waals surface area contributed by atoms with Gasteiger partial charge in [0, 0.05) is 11.6 Å². The Bertz CT molecular complexity index is 485. The molecule has 1 amide bonds. The maximum Gasteiger partial charge on any atom is 0.330 e. The third kappa shape index (κ3) is 3.63. The summed E-state index contributed by atoms with van der Waals surface area (Å²) in [6.07, 6.45) is 1.01. The maximum absolute atomic E-state index is 12.4. The molecule has 0 bridgehead atoms. The number of carbonyl (C=O) groups excluding carboxylic acids is 1. The highest BCUT2D eigenvalue weighted by molar-refractivity contribution is 6.48. The fourth-order valence-electron chi connectivity index (χ4n) is 2.47. The summed E-state index contributed by atoms with van der Waals surface area (Å²) in [6.45, 7) is 9.24. The molecule has 0 fully saturated rings. The normalized spacial score (nSPS) is 15.1. The molecule has 0 saturated heterocycles. The minimum Gasteiger partial charge on any atom is -0.430 e. The highest BCUT2D eigenvalue weighted by atomic mass is 16.4. The quantitative estimate of drug-likeness (QED) is 0.835. The lowest BCUT2D eigenvalue weighted by atomic mass is 9.86. The van der Waals surface area contributed by atoms with Gasteiger partial charge in [-0.15, -0.1) is 0 Å². The first-order valence-electron chi connectivity index (χ1n) is 7.36. The van der Waals surface area contributed by atoms with Gasteiger partial charge in [-0.25, -0.2) is 0 Å². The fraction of sp³-hybridized carbons (Fsp3) is 0.562. The van der Waals surface area contributed by atoms with E-state index in [0.29, 0.717) is 18.4 Å². The van der Waals surface area contributed by atoms with E-state index in [1.807, 2.05) is 18.2 Å². The Morgan fingerprint density at radius 2 is 2.10 bits per heavy atom. The minimum absolute atomic E-state index is 0.0130. The molecular formula is C16H23BNO2. The summed E-state index contributed by atoms with van der Waals surface area (Å²) in [5, 5.41) is 3.17. The number of hydrogen-bond donors (Lipinski definition) is 1. The molecular weight excluding hydrogens is 249 g/mol. The lowest BCUT2D eigenvalue weighted by molar-refractivity contribution is 0.0919. The average molecular weight is 272 g/mol. The van der Waals surface area contributed by atoms with E-state index in [4.69, 9.17) is 4.65 Å². The van der Waals surface area contributed by atoms with Crippen LogP contribution >= 0.6 is 0 Å². The summed E-state index contributed by atoms with van der Waals surface area (Å²) in [6, 6.07) is 5.97. The van der Waals surface area contributed by atoms with Gasteiger partial charge < -0.3 is 9.97 Å². The highest BCUT2D eigenvalue weighted by Crippen LogP contribution is 2.14. The molecule has 1 aromatic carbocycles.